The number of nitrogens with zero attached hydrogens (tertiary/aromatic N) is 4. The highest BCUT2D eigenvalue weighted by Gasteiger charge is 2.22. The third-order valence-electron chi connectivity index (χ3n) is 8.48. The minimum Gasteiger partial charge on any atom is -0.307 e. The van der Waals surface area contributed by atoms with Crippen LogP contribution in [0, 0.1) is 0 Å². The molecule has 6 aromatic carbocycles. The molecule has 45 heavy (non-hydrogen) atoms. The Morgan fingerprint density at radius 2 is 1.00 bits per heavy atom. The molecular formula is C41H30N4. The summed E-state index contributed by atoms with van der Waals surface area (Å²) in [6.07, 6.45) is 0. The fourth-order valence-corrected chi connectivity index (χ4v) is 6.39. The van der Waals surface area contributed by atoms with E-state index in [1.165, 1.54) is 10.8 Å². The van der Waals surface area contributed by atoms with Crippen LogP contribution in [0.4, 0.5) is 0 Å². The molecule has 0 saturated carbocycles. The van der Waals surface area contributed by atoms with E-state index in [1.807, 2.05) is 55.5 Å². The van der Waals surface area contributed by atoms with Crippen molar-refractivity contribution < 1.29 is 0 Å². The molecule has 0 atom stereocenters. The Bertz CT molecular complexity index is 2430. The molecule has 0 unspecified atom stereocenters. The predicted octanol–water partition coefficient (Wildman–Crippen LogP) is 10.3. The second kappa shape index (κ2) is 10.9. The van der Waals surface area contributed by atoms with Gasteiger partial charge in [0.1, 0.15) is 0 Å². The Morgan fingerprint density at radius 1 is 0.489 bits per heavy atom. The summed E-state index contributed by atoms with van der Waals surface area (Å²) in [7, 11) is 0. The second-order valence-electron chi connectivity index (χ2n) is 11.2. The van der Waals surface area contributed by atoms with E-state index in [-0.39, 0.29) is 0 Å². The normalized spacial score (nSPS) is 12.5. The number of aromatic nitrogens is 2. The average Bonchev–Trinajstić information content (AvgIpc) is 3.62. The highest BCUT2D eigenvalue weighted by molar-refractivity contribution is 6.26. The van der Waals surface area contributed by atoms with Crippen LogP contribution in [0.25, 0.3) is 55.0 Å². The standard InChI is InChI=1S/C41H30N4/c1-28(30-16-6-3-7-17-30)42-41(43-29(2)31-18-8-4-9-19-31)45-38-25-15-13-23-34(38)36-27-26-35-33-22-12-14-24-37(33)44(39(35)40(36)45)32-20-10-5-11-21-32/h3-27H,1H2,2H3/b42-41?,43-29+. The quantitative estimate of drug-likeness (QED) is 0.147. The number of aliphatic imine (C=N–C) groups is 2. The molecule has 0 fully saturated rings. The SMILES string of the molecule is C=C(N=C(/N=C(\C)c1ccccc1)n1c2ccccc2c2ccc3c4ccccc4n(-c4ccccc4)c3c21)c1ccccc1. The molecule has 0 radical (unpaired) electrons. The molecule has 0 N–H and O–H groups in total. The van der Waals surface area contributed by atoms with E-state index >= 15 is 0 Å². The zero-order valence-electron chi connectivity index (χ0n) is 24.9. The molecule has 214 valence electrons. The van der Waals surface area contributed by atoms with Crippen LogP contribution in [-0.2, 0) is 0 Å². The molecule has 0 saturated heterocycles. The van der Waals surface area contributed by atoms with Gasteiger partial charge in [0.15, 0.2) is 0 Å². The van der Waals surface area contributed by atoms with Crippen molar-refractivity contribution in [3.05, 3.63) is 169 Å². The van der Waals surface area contributed by atoms with E-state index in [0.717, 1.165) is 55.4 Å². The summed E-state index contributed by atoms with van der Waals surface area (Å²) < 4.78 is 4.60. The van der Waals surface area contributed by atoms with Gasteiger partial charge < -0.3 is 4.57 Å². The lowest BCUT2D eigenvalue weighted by Crippen LogP contribution is -2.13. The van der Waals surface area contributed by atoms with Crippen LogP contribution in [0.2, 0.25) is 0 Å². The number of benzene rings is 6. The summed E-state index contributed by atoms with van der Waals surface area (Å²) in [6.45, 7) is 6.44. The first kappa shape index (κ1) is 26.6. The van der Waals surface area contributed by atoms with E-state index in [2.05, 4.69) is 119 Å². The van der Waals surface area contributed by atoms with Gasteiger partial charge in [-0.15, -0.1) is 0 Å². The first-order valence-corrected chi connectivity index (χ1v) is 15.1. The van der Waals surface area contributed by atoms with Crippen LogP contribution < -0.4 is 0 Å². The number of rotatable bonds is 4. The maximum atomic E-state index is 5.28. The molecule has 0 aliphatic rings. The molecule has 0 amide bonds. The Morgan fingerprint density at radius 3 is 1.67 bits per heavy atom. The molecule has 4 nitrogen and oxygen atoms in total. The Labute approximate surface area is 261 Å². The molecular weight excluding hydrogens is 548 g/mol. The van der Waals surface area contributed by atoms with E-state index in [4.69, 9.17) is 9.98 Å². The predicted molar refractivity (Wildman–Crippen MR) is 191 cm³/mol. The number of hydrogen-bond acceptors (Lipinski definition) is 1. The van der Waals surface area contributed by atoms with Gasteiger partial charge in [0.25, 0.3) is 0 Å². The number of fused-ring (bicyclic) bond motifs is 7. The van der Waals surface area contributed by atoms with Crippen molar-refractivity contribution in [2.24, 2.45) is 9.98 Å². The smallest absolute Gasteiger partial charge is 0.235 e. The van der Waals surface area contributed by atoms with Crippen LogP contribution >= 0.6 is 0 Å². The van der Waals surface area contributed by atoms with Crippen molar-refractivity contribution in [1.29, 1.82) is 0 Å². The second-order valence-corrected chi connectivity index (χ2v) is 11.2. The molecule has 2 aromatic heterocycles. The number of para-hydroxylation sites is 3. The zero-order valence-corrected chi connectivity index (χ0v) is 24.9. The third kappa shape index (κ3) is 4.47. The summed E-state index contributed by atoms with van der Waals surface area (Å²) in [4.78, 5) is 10.5. The fourth-order valence-electron chi connectivity index (χ4n) is 6.39. The molecule has 0 bridgehead atoms. The monoisotopic (exact) mass is 578 g/mol. The van der Waals surface area contributed by atoms with Crippen molar-refractivity contribution in [1.82, 2.24) is 9.13 Å². The average molecular weight is 579 g/mol. The van der Waals surface area contributed by atoms with Gasteiger partial charge in [0, 0.05) is 32.9 Å². The first-order valence-electron chi connectivity index (χ1n) is 15.1. The highest BCUT2D eigenvalue weighted by Crippen LogP contribution is 2.40. The Hall–Kier alpha value is -6.00. The lowest BCUT2D eigenvalue weighted by atomic mass is 10.1. The van der Waals surface area contributed by atoms with Gasteiger partial charge in [-0.2, -0.15) is 0 Å². The fraction of sp³-hybridized carbons (Fsp3) is 0.0244. The molecule has 0 aliphatic heterocycles. The van der Waals surface area contributed by atoms with Gasteiger partial charge in [0.05, 0.1) is 27.8 Å². The molecule has 8 aromatic rings. The summed E-state index contributed by atoms with van der Waals surface area (Å²) in [5.41, 5.74) is 8.97. The van der Waals surface area contributed by atoms with Crippen LogP contribution in [0.1, 0.15) is 18.1 Å². The summed E-state index contributed by atoms with van der Waals surface area (Å²) in [5.74, 6) is 0.564. The molecule has 4 heteroatoms. The van der Waals surface area contributed by atoms with Gasteiger partial charge in [-0.05, 0) is 42.3 Å². The Balaban J connectivity index is 1.54. The van der Waals surface area contributed by atoms with Crippen molar-refractivity contribution in [3.8, 4) is 5.69 Å². The van der Waals surface area contributed by atoms with Crippen LogP contribution in [0.15, 0.2) is 168 Å². The summed E-state index contributed by atoms with van der Waals surface area (Å²) in [5, 5.41) is 4.66. The van der Waals surface area contributed by atoms with E-state index in [1.54, 1.807) is 0 Å². The largest absolute Gasteiger partial charge is 0.307 e. The molecule has 0 aliphatic carbocycles. The third-order valence-corrected chi connectivity index (χ3v) is 8.48. The molecule has 8 rings (SSSR count). The van der Waals surface area contributed by atoms with Crippen molar-refractivity contribution in [2.75, 3.05) is 0 Å². The van der Waals surface area contributed by atoms with Crippen molar-refractivity contribution >= 4 is 61.0 Å². The minimum atomic E-state index is 0.564. The van der Waals surface area contributed by atoms with Gasteiger partial charge in [-0.1, -0.05) is 134 Å². The van der Waals surface area contributed by atoms with Crippen LogP contribution in [-0.4, -0.2) is 20.8 Å². The topological polar surface area (TPSA) is 34.6 Å². The summed E-state index contributed by atoms with van der Waals surface area (Å²) >= 11 is 0. The van der Waals surface area contributed by atoms with Crippen LogP contribution in [0.3, 0.4) is 0 Å². The maximum absolute atomic E-state index is 5.28. The van der Waals surface area contributed by atoms with Crippen LogP contribution in [0.5, 0.6) is 0 Å². The van der Waals surface area contributed by atoms with Gasteiger partial charge in [-0.3, -0.25) is 4.57 Å². The highest BCUT2D eigenvalue weighted by atomic mass is 15.2. The maximum Gasteiger partial charge on any atom is 0.235 e. The van der Waals surface area contributed by atoms with E-state index < -0.39 is 0 Å². The van der Waals surface area contributed by atoms with E-state index in [9.17, 15) is 0 Å². The zero-order chi connectivity index (χ0) is 30.3. The van der Waals surface area contributed by atoms with Gasteiger partial charge >= 0.3 is 0 Å². The van der Waals surface area contributed by atoms with Gasteiger partial charge in [0.2, 0.25) is 5.96 Å². The van der Waals surface area contributed by atoms with Crippen molar-refractivity contribution in [3.63, 3.8) is 0 Å². The summed E-state index contributed by atoms with van der Waals surface area (Å²) in [6, 6.07) is 52.6. The lowest BCUT2D eigenvalue weighted by molar-refractivity contribution is 1.16. The number of hydrogen-bond donors (Lipinski definition) is 0. The van der Waals surface area contributed by atoms with Crippen molar-refractivity contribution in [2.45, 2.75) is 6.92 Å². The lowest BCUT2D eigenvalue weighted by Gasteiger charge is -2.13. The Kier molecular flexibility index (Phi) is 6.46. The van der Waals surface area contributed by atoms with Gasteiger partial charge in [-0.25, -0.2) is 9.98 Å². The molecule has 0 spiro atoms. The van der Waals surface area contributed by atoms with E-state index in [0.29, 0.717) is 11.7 Å². The first-order chi connectivity index (χ1) is 22.2. The minimum absolute atomic E-state index is 0.564. The molecule has 2 heterocycles.